The zero-order valence-corrected chi connectivity index (χ0v) is 17.8. The van der Waals surface area contributed by atoms with Crippen LogP contribution in [-0.4, -0.2) is 42.1 Å². The van der Waals surface area contributed by atoms with Crippen LogP contribution in [0.5, 0.6) is 0 Å². The quantitative estimate of drug-likeness (QED) is 0.689. The van der Waals surface area contributed by atoms with E-state index in [0.717, 1.165) is 5.56 Å². The van der Waals surface area contributed by atoms with Crippen LogP contribution in [-0.2, 0) is 9.47 Å². The highest BCUT2D eigenvalue weighted by molar-refractivity contribution is 6.48. The lowest BCUT2D eigenvalue weighted by molar-refractivity contribution is 0.0525. The third kappa shape index (κ3) is 6.29. The number of aliphatic hydroxyl groups excluding tert-OH is 1. The fraction of sp³-hybridized carbons (Fsp3) is 0.474. The minimum Gasteiger partial charge on any atom is -0.475 e. The van der Waals surface area contributed by atoms with Gasteiger partial charge in [-0.15, -0.1) is 5.10 Å². The highest BCUT2D eigenvalue weighted by atomic mass is 35.5. The Kier molecular flexibility index (Phi) is 7.57. The normalized spacial score (nSPS) is 17.3. The first-order valence-corrected chi connectivity index (χ1v) is 9.62. The third-order valence-electron chi connectivity index (χ3n) is 3.55. The van der Waals surface area contributed by atoms with Crippen LogP contribution >= 0.6 is 23.2 Å². The molecule has 1 heterocycles. The van der Waals surface area contributed by atoms with E-state index in [0.29, 0.717) is 18.7 Å². The number of carbonyl (C=O) groups is 1. The molecule has 0 aromatic heterocycles. The first kappa shape index (κ1) is 22.3. The molecule has 1 atom stereocenters. The summed E-state index contributed by atoms with van der Waals surface area (Å²) in [5.41, 5.74) is 1.11. The van der Waals surface area contributed by atoms with Crippen LogP contribution in [0, 0.1) is 6.92 Å². The van der Waals surface area contributed by atoms with Crippen molar-refractivity contribution >= 4 is 40.9 Å². The third-order valence-corrected chi connectivity index (χ3v) is 4.39. The van der Waals surface area contributed by atoms with Crippen LogP contribution in [0.2, 0.25) is 0 Å². The minimum absolute atomic E-state index is 0.0278. The van der Waals surface area contributed by atoms with Gasteiger partial charge in [0.1, 0.15) is 10.6 Å². The van der Waals surface area contributed by atoms with E-state index in [1.54, 1.807) is 26.8 Å². The molecular formula is C19H25Cl2N3O4. The summed E-state index contributed by atoms with van der Waals surface area (Å²) >= 11 is 12.3. The van der Waals surface area contributed by atoms with Gasteiger partial charge in [0.25, 0.3) is 5.90 Å². The van der Waals surface area contributed by atoms with Crippen LogP contribution in [0.15, 0.2) is 39.4 Å². The Morgan fingerprint density at radius 1 is 1.36 bits per heavy atom. The number of aliphatic hydroxyl groups is 1. The summed E-state index contributed by atoms with van der Waals surface area (Å²) in [6, 6.07) is 7.44. The molecule has 0 radical (unpaired) electrons. The number of halogens is 2. The zero-order chi connectivity index (χ0) is 20.9. The first-order chi connectivity index (χ1) is 13.1. The van der Waals surface area contributed by atoms with Crippen LogP contribution in [0.1, 0.15) is 32.8 Å². The van der Waals surface area contributed by atoms with Gasteiger partial charge in [0.05, 0.1) is 17.3 Å². The molecule has 1 amide bonds. The van der Waals surface area contributed by atoms with E-state index in [2.05, 4.69) is 10.4 Å². The highest BCUT2D eigenvalue weighted by Crippen LogP contribution is 2.31. The van der Waals surface area contributed by atoms with Crippen LogP contribution < -0.4 is 10.3 Å². The second-order valence-electron chi connectivity index (χ2n) is 7.25. The number of hydrogen-bond acceptors (Lipinski definition) is 6. The molecule has 2 rings (SSSR count). The number of anilines is 1. The fourth-order valence-corrected chi connectivity index (χ4v) is 2.69. The number of aryl methyl sites for hydroxylation is 1. The molecule has 1 aromatic carbocycles. The minimum atomic E-state index is -1.20. The molecule has 0 bridgehead atoms. The SMILES string of the molecule is Cc1cccc(N2N=C(OCCCNC(=O)OC(C)(C)C)C(Cl)=C(Cl)C2O)c1. The van der Waals surface area contributed by atoms with E-state index < -0.39 is 17.9 Å². The van der Waals surface area contributed by atoms with E-state index in [1.807, 2.05) is 25.1 Å². The number of ether oxygens (including phenoxy) is 2. The maximum Gasteiger partial charge on any atom is 0.407 e. The Morgan fingerprint density at radius 3 is 2.71 bits per heavy atom. The fourth-order valence-electron chi connectivity index (χ4n) is 2.33. The van der Waals surface area contributed by atoms with Crippen molar-refractivity contribution in [1.82, 2.24) is 5.32 Å². The zero-order valence-electron chi connectivity index (χ0n) is 16.3. The predicted octanol–water partition coefficient (Wildman–Crippen LogP) is 4.07. The second-order valence-corrected chi connectivity index (χ2v) is 8.04. The summed E-state index contributed by atoms with van der Waals surface area (Å²) in [4.78, 5) is 11.6. The Hall–Kier alpha value is -1.96. The Labute approximate surface area is 174 Å². The molecule has 2 N–H and O–H groups in total. The Bertz CT molecular complexity index is 775. The molecule has 7 nitrogen and oxygen atoms in total. The molecule has 1 aliphatic rings. The summed E-state index contributed by atoms with van der Waals surface area (Å²) in [5, 5.41) is 18.7. The maximum atomic E-state index is 11.6. The number of nitrogens with one attached hydrogen (secondary N) is 1. The van der Waals surface area contributed by atoms with Crippen molar-refractivity contribution in [2.24, 2.45) is 5.10 Å². The highest BCUT2D eigenvalue weighted by Gasteiger charge is 2.30. The smallest absolute Gasteiger partial charge is 0.407 e. The van der Waals surface area contributed by atoms with Crippen molar-refractivity contribution in [3.63, 3.8) is 0 Å². The van der Waals surface area contributed by atoms with Crippen LogP contribution in [0.25, 0.3) is 0 Å². The number of hydrazone groups is 1. The number of rotatable bonds is 5. The molecule has 1 aliphatic heterocycles. The number of carbonyl (C=O) groups excluding carboxylic acids is 1. The molecule has 9 heteroatoms. The molecule has 0 saturated heterocycles. The van der Waals surface area contributed by atoms with Crippen molar-refractivity contribution in [2.75, 3.05) is 18.2 Å². The second kappa shape index (κ2) is 9.49. The van der Waals surface area contributed by atoms with Gasteiger partial charge in [0.2, 0.25) is 0 Å². The topological polar surface area (TPSA) is 83.4 Å². The van der Waals surface area contributed by atoms with Crippen molar-refractivity contribution in [3.05, 3.63) is 39.9 Å². The van der Waals surface area contributed by atoms with Gasteiger partial charge < -0.3 is 19.9 Å². The molecule has 28 heavy (non-hydrogen) atoms. The summed E-state index contributed by atoms with van der Waals surface area (Å²) in [6.45, 7) is 7.92. The predicted molar refractivity (Wildman–Crippen MR) is 111 cm³/mol. The van der Waals surface area contributed by atoms with Gasteiger partial charge in [-0.25, -0.2) is 9.80 Å². The summed E-state index contributed by atoms with van der Waals surface area (Å²) in [7, 11) is 0. The lowest BCUT2D eigenvalue weighted by atomic mass is 10.2. The molecule has 0 spiro atoms. The molecule has 1 unspecified atom stereocenters. The largest absolute Gasteiger partial charge is 0.475 e. The van der Waals surface area contributed by atoms with Crippen LogP contribution in [0.3, 0.4) is 0 Å². The van der Waals surface area contributed by atoms with Gasteiger partial charge in [0, 0.05) is 6.54 Å². The molecule has 0 saturated carbocycles. The van der Waals surface area contributed by atoms with E-state index >= 15 is 0 Å². The molecule has 0 fully saturated rings. The van der Waals surface area contributed by atoms with Crippen molar-refractivity contribution in [2.45, 2.75) is 45.9 Å². The molecule has 1 aromatic rings. The van der Waals surface area contributed by atoms with Gasteiger partial charge in [0.15, 0.2) is 6.23 Å². The number of nitrogens with zero attached hydrogens (tertiary/aromatic N) is 2. The summed E-state index contributed by atoms with van der Waals surface area (Å²) < 4.78 is 10.8. The van der Waals surface area contributed by atoms with E-state index in [1.165, 1.54) is 5.01 Å². The molecule has 0 aliphatic carbocycles. The van der Waals surface area contributed by atoms with Crippen molar-refractivity contribution in [3.8, 4) is 0 Å². The maximum absolute atomic E-state index is 11.6. The summed E-state index contributed by atoms with van der Waals surface area (Å²) in [6.07, 6.45) is -1.18. The van der Waals surface area contributed by atoms with Gasteiger partial charge >= 0.3 is 6.09 Å². The number of benzene rings is 1. The van der Waals surface area contributed by atoms with Gasteiger partial charge in [-0.2, -0.15) is 0 Å². The van der Waals surface area contributed by atoms with Gasteiger partial charge in [-0.3, -0.25) is 0 Å². The average Bonchev–Trinajstić information content (AvgIpc) is 2.59. The average molecular weight is 430 g/mol. The number of hydrogen-bond donors (Lipinski definition) is 2. The van der Waals surface area contributed by atoms with E-state index in [9.17, 15) is 9.90 Å². The van der Waals surface area contributed by atoms with E-state index in [-0.39, 0.29) is 22.6 Å². The molecule has 154 valence electrons. The van der Waals surface area contributed by atoms with Crippen molar-refractivity contribution in [1.29, 1.82) is 0 Å². The lowest BCUT2D eigenvalue weighted by Gasteiger charge is -2.30. The van der Waals surface area contributed by atoms with Crippen LogP contribution in [0.4, 0.5) is 10.5 Å². The van der Waals surface area contributed by atoms with E-state index in [4.69, 9.17) is 32.7 Å². The van der Waals surface area contributed by atoms with Crippen molar-refractivity contribution < 1.29 is 19.4 Å². The summed E-state index contributed by atoms with van der Waals surface area (Å²) in [5.74, 6) is 0.107. The monoisotopic (exact) mass is 429 g/mol. The number of amides is 1. The first-order valence-electron chi connectivity index (χ1n) is 8.86. The van der Waals surface area contributed by atoms with Gasteiger partial charge in [-0.05, 0) is 51.8 Å². The van der Waals surface area contributed by atoms with Gasteiger partial charge in [-0.1, -0.05) is 35.3 Å². The number of alkyl carbamates (subject to hydrolysis) is 1. The lowest BCUT2D eigenvalue weighted by Crippen LogP contribution is -2.37. The Balaban J connectivity index is 1.94. The molecular weight excluding hydrogens is 405 g/mol. The Morgan fingerprint density at radius 2 is 2.07 bits per heavy atom. The standard InChI is InChI=1S/C19H25Cl2N3O4/c1-12-7-5-8-13(11-12)24-17(25)15(21)14(20)16(23-24)27-10-6-9-22-18(26)28-19(2,3)4/h5,7-8,11,17,25H,6,9-10H2,1-4H3,(H,22,26).